The number of rotatable bonds is 5. The van der Waals surface area contributed by atoms with Crippen molar-refractivity contribution in [3.05, 3.63) is 71.0 Å². The molecule has 0 saturated heterocycles. The quantitative estimate of drug-likeness (QED) is 0.655. The molecule has 2 amide bonds. The minimum atomic E-state index is -0.454. The molecule has 0 atom stereocenters. The zero-order chi connectivity index (χ0) is 16.7. The molecule has 0 fully saturated rings. The van der Waals surface area contributed by atoms with Gasteiger partial charge in [-0.25, -0.2) is 9.82 Å². The molecule has 0 aliphatic rings. The monoisotopic (exact) mass is 313 g/mol. The van der Waals surface area contributed by atoms with E-state index in [4.69, 9.17) is 0 Å². The van der Waals surface area contributed by atoms with Gasteiger partial charge in [-0.3, -0.25) is 9.59 Å². The molecule has 0 spiro atoms. The van der Waals surface area contributed by atoms with E-state index < -0.39 is 5.91 Å². The molecule has 0 bridgehead atoms. The summed E-state index contributed by atoms with van der Waals surface area (Å²) in [5, 5.41) is 6.25. The molecule has 0 aliphatic carbocycles. The van der Waals surface area contributed by atoms with Crippen LogP contribution in [0.4, 0.5) is 4.39 Å². The van der Waals surface area contributed by atoms with E-state index in [0.29, 0.717) is 11.1 Å². The molecular weight excluding hydrogens is 297 g/mol. The van der Waals surface area contributed by atoms with Crippen LogP contribution in [0, 0.1) is 12.7 Å². The minimum Gasteiger partial charge on any atom is -0.343 e. The number of aryl methyl sites for hydroxylation is 1. The lowest BCUT2D eigenvalue weighted by molar-refractivity contribution is -0.120. The molecule has 2 rings (SSSR count). The number of carbonyl (C=O) groups excluding carboxylic acids is 2. The normalized spacial score (nSPS) is 10.5. The van der Waals surface area contributed by atoms with E-state index >= 15 is 0 Å². The van der Waals surface area contributed by atoms with E-state index in [0.717, 1.165) is 5.56 Å². The molecule has 0 unspecified atom stereocenters. The van der Waals surface area contributed by atoms with Crippen LogP contribution in [0.5, 0.6) is 0 Å². The third-order valence-corrected chi connectivity index (χ3v) is 2.96. The fraction of sp³-hybridized carbons (Fsp3) is 0.118. The summed E-state index contributed by atoms with van der Waals surface area (Å²) in [7, 11) is 0. The SMILES string of the molecule is Cc1cccc(C(=O)NCC(=O)N/N=C/c2ccc(F)cc2)c1. The molecule has 0 radical (unpaired) electrons. The van der Waals surface area contributed by atoms with Gasteiger partial charge < -0.3 is 5.32 Å². The van der Waals surface area contributed by atoms with Crippen molar-refractivity contribution in [2.45, 2.75) is 6.92 Å². The van der Waals surface area contributed by atoms with E-state index in [9.17, 15) is 14.0 Å². The van der Waals surface area contributed by atoms with Crippen LogP contribution >= 0.6 is 0 Å². The second kappa shape index (κ2) is 7.84. The van der Waals surface area contributed by atoms with Gasteiger partial charge in [0.1, 0.15) is 5.82 Å². The highest BCUT2D eigenvalue weighted by Gasteiger charge is 2.07. The summed E-state index contributed by atoms with van der Waals surface area (Å²) < 4.78 is 12.7. The van der Waals surface area contributed by atoms with Gasteiger partial charge in [0, 0.05) is 5.56 Å². The molecule has 2 aromatic rings. The van der Waals surface area contributed by atoms with Gasteiger partial charge in [-0.2, -0.15) is 5.10 Å². The van der Waals surface area contributed by atoms with Crippen LogP contribution < -0.4 is 10.7 Å². The van der Waals surface area contributed by atoms with Gasteiger partial charge in [-0.1, -0.05) is 29.8 Å². The summed E-state index contributed by atoms with van der Waals surface area (Å²) in [5.74, 6) is -1.12. The van der Waals surface area contributed by atoms with Gasteiger partial charge in [0.05, 0.1) is 12.8 Å². The number of hydrogen-bond donors (Lipinski definition) is 2. The van der Waals surface area contributed by atoms with Crippen molar-refractivity contribution in [1.82, 2.24) is 10.7 Å². The number of hydrogen-bond acceptors (Lipinski definition) is 3. The molecule has 0 aliphatic heterocycles. The fourth-order valence-electron chi connectivity index (χ4n) is 1.82. The third kappa shape index (κ3) is 5.35. The first-order valence-corrected chi connectivity index (χ1v) is 6.97. The van der Waals surface area contributed by atoms with Crippen molar-refractivity contribution in [1.29, 1.82) is 0 Å². The lowest BCUT2D eigenvalue weighted by atomic mass is 10.1. The van der Waals surface area contributed by atoms with E-state index in [1.165, 1.54) is 30.5 Å². The maximum Gasteiger partial charge on any atom is 0.259 e. The summed E-state index contributed by atoms with van der Waals surface area (Å²) in [6.45, 7) is 1.70. The Labute approximate surface area is 133 Å². The van der Waals surface area contributed by atoms with Gasteiger partial charge in [0.2, 0.25) is 0 Å². The predicted octanol–water partition coefficient (Wildman–Crippen LogP) is 2.01. The first-order chi connectivity index (χ1) is 11.0. The zero-order valence-corrected chi connectivity index (χ0v) is 12.5. The number of nitrogens with one attached hydrogen (secondary N) is 2. The molecule has 23 heavy (non-hydrogen) atoms. The number of amides is 2. The van der Waals surface area contributed by atoms with E-state index in [2.05, 4.69) is 15.8 Å². The maximum atomic E-state index is 12.7. The van der Waals surface area contributed by atoms with Gasteiger partial charge >= 0.3 is 0 Å². The molecule has 0 saturated carbocycles. The number of hydrazone groups is 1. The Morgan fingerprint density at radius 1 is 1.17 bits per heavy atom. The predicted molar refractivity (Wildman–Crippen MR) is 85.6 cm³/mol. The first-order valence-electron chi connectivity index (χ1n) is 6.97. The van der Waals surface area contributed by atoms with Crippen molar-refractivity contribution in [2.24, 2.45) is 5.10 Å². The van der Waals surface area contributed by atoms with Gasteiger partial charge in [0.25, 0.3) is 11.8 Å². The van der Waals surface area contributed by atoms with Crippen molar-refractivity contribution in [2.75, 3.05) is 6.54 Å². The minimum absolute atomic E-state index is 0.187. The van der Waals surface area contributed by atoms with Crippen molar-refractivity contribution >= 4 is 18.0 Å². The van der Waals surface area contributed by atoms with Crippen molar-refractivity contribution < 1.29 is 14.0 Å². The standard InChI is InChI=1S/C17H16FN3O2/c1-12-3-2-4-14(9-12)17(23)19-11-16(22)21-20-10-13-5-7-15(18)8-6-13/h2-10H,11H2,1H3,(H,19,23)(H,21,22)/b20-10+. The third-order valence-electron chi connectivity index (χ3n) is 2.96. The lowest BCUT2D eigenvalue weighted by Gasteiger charge is -2.04. The molecule has 5 nitrogen and oxygen atoms in total. The largest absolute Gasteiger partial charge is 0.343 e. The molecule has 6 heteroatoms. The summed E-state index contributed by atoms with van der Waals surface area (Å²) >= 11 is 0. The second-order valence-electron chi connectivity index (χ2n) is 4.90. The molecule has 0 aromatic heterocycles. The number of halogens is 1. The smallest absolute Gasteiger partial charge is 0.259 e. The van der Waals surface area contributed by atoms with E-state index in [1.54, 1.807) is 18.2 Å². The van der Waals surface area contributed by atoms with Crippen LogP contribution in [0.25, 0.3) is 0 Å². The highest BCUT2D eigenvalue weighted by Crippen LogP contribution is 2.03. The Balaban J connectivity index is 1.78. The Kier molecular flexibility index (Phi) is 5.57. The van der Waals surface area contributed by atoms with Crippen LogP contribution in [-0.4, -0.2) is 24.6 Å². The van der Waals surface area contributed by atoms with E-state index in [-0.39, 0.29) is 18.3 Å². The van der Waals surface area contributed by atoms with Gasteiger partial charge in [-0.15, -0.1) is 0 Å². The van der Waals surface area contributed by atoms with Crippen LogP contribution in [0.3, 0.4) is 0 Å². The first kappa shape index (κ1) is 16.4. The molecular formula is C17H16FN3O2. The average molecular weight is 313 g/mol. The molecule has 2 N–H and O–H groups in total. The van der Waals surface area contributed by atoms with Crippen molar-refractivity contribution in [3.63, 3.8) is 0 Å². The lowest BCUT2D eigenvalue weighted by Crippen LogP contribution is -2.34. The van der Waals surface area contributed by atoms with Crippen molar-refractivity contribution in [3.8, 4) is 0 Å². The highest BCUT2D eigenvalue weighted by molar-refractivity contribution is 5.96. The van der Waals surface area contributed by atoms with Crippen LogP contribution in [-0.2, 0) is 4.79 Å². The summed E-state index contributed by atoms with van der Waals surface area (Å²) in [6.07, 6.45) is 1.39. The topological polar surface area (TPSA) is 70.6 Å². The second-order valence-corrected chi connectivity index (χ2v) is 4.90. The number of nitrogens with zero attached hydrogens (tertiary/aromatic N) is 1. The maximum absolute atomic E-state index is 12.7. The zero-order valence-electron chi connectivity index (χ0n) is 12.5. The summed E-state index contributed by atoms with van der Waals surface area (Å²) in [5.41, 5.74) is 4.39. The summed E-state index contributed by atoms with van der Waals surface area (Å²) in [4.78, 5) is 23.5. The average Bonchev–Trinajstić information content (AvgIpc) is 2.54. The number of carbonyl (C=O) groups is 2. The Bertz CT molecular complexity index is 727. The van der Waals surface area contributed by atoms with Crippen LogP contribution in [0.15, 0.2) is 53.6 Å². The van der Waals surface area contributed by atoms with Gasteiger partial charge in [-0.05, 0) is 36.8 Å². The molecule has 0 heterocycles. The Hall–Kier alpha value is -3.02. The van der Waals surface area contributed by atoms with Crippen LogP contribution in [0.1, 0.15) is 21.5 Å². The Morgan fingerprint density at radius 3 is 2.61 bits per heavy atom. The molecule has 2 aromatic carbocycles. The number of benzene rings is 2. The molecule has 118 valence electrons. The summed E-state index contributed by atoms with van der Waals surface area (Å²) in [6, 6.07) is 12.7. The Morgan fingerprint density at radius 2 is 1.91 bits per heavy atom. The van der Waals surface area contributed by atoms with Gasteiger partial charge in [0.15, 0.2) is 0 Å². The van der Waals surface area contributed by atoms with Crippen LogP contribution in [0.2, 0.25) is 0 Å². The van der Waals surface area contributed by atoms with E-state index in [1.807, 2.05) is 13.0 Å². The highest BCUT2D eigenvalue weighted by atomic mass is 19.1. The fourth-order valence-corrected chi connectivity index (χ4v) is 1.82.